The van der Waals surface area contributed by atoms with Gasteiger partial charge in [0, 0.05) is 18.5 Å². The van der Waals surface area contributed by atoms with Crippen molar-refractivity contribution in [3.05, 3.63) is 60.7 Å². The minimum atomic E-state index is -2.67. The molecule has 0 spiro atoms. The van der Waals surface area contributed by atoms with Crippen molar-refractivity contribution in [2.75, 3.05) is 25.6 Å². The van der Waals surface area contributed by atoms with Gasteiger partial charge in [-0.1, -0.05) is 88.4 Å². The fourth-order valence-electron chi connectivity index (χ4n) is 5.91. The standard InChI is InChI=1S/C22H29Cl2NO2Si.C7H12ClNO/c1-22(2,3)28(16-10-6-4-7-11-16,17-12-8-5-9-13-17)27-19-15-26-21(20(19)25)18(24)14-23;1-4-3-10-7-5(8)2-9-6(4)7/h4-13,18-21H,14-15,25H2,1-3H3;4-7,9H,2-3H2,1H3/t18-,19+,20-,21-;4-,5+,6+,7+/m10/s1. The number of nitrogens with one attached hydrogen (secondary N) is 1. The van der Waals surface area contributed by atoms with Crippen molar-refractivity contribution in [3.8, 4) is 0 Å². The van der Waals surface area contributed by atoms with E-state index in [0.717, 1.165) is 13.2 Å². The van der Waals surface area contributed by atoms with Crippen LogP contribution < -0.4 is 21.4 Å². The van der Waals surface area contributed by atoms with Crippen molar-refractivity contribution in [1.82, 2.24) is 5.32 Å². The van der Waals surface area contributed by atoms with Gasteiger partial charge in [0.2, 0.25) is 0 Å². The summed E-state index contributed by atoms with van der Waals surface area (Å²) in [7, 11) is -2.67. The Morgan fingerprint density at radius 3 is 2.11 bits per heavy atom. The Morgan fingerprint density at radius 2 is 1.61 bits per heavy atom. The molecular weight excluding hydrogens is 559 g/mol. The average Bonchev–Trinajstić information content (AvgIpc) is 3.59. The molecule has 8 atom stereocenters. The van der Waals surface area contributed by atoms with E-state index < -0.39 is 8.32 Å². The molecule has 3 aliphatic heterocycles. The fourth-order valence-corrected chi connectivity index (χ4v) is 11.3. The zero-order valence-corrected chi connectivity index (χ0v) is 25.9. The number of nitrogens with two attached hydrogens (primary N) is 1. The minimum Gasteiger partial charge on any atom is -0.400 e. The van der Waals surface area contributed by atoms with Gasteiger partial charge in [-0.15, -0.1) is 34.8 Å². The summed E-state index contributed by atoms with van der Waals surface area (Å²) < 4.78 is 18.5. The molecule has 5 rings (SSSR count). The van der Waals surface area contributed by atoms with Gasteiger partial charge in [0.15, 0.2) is 0 Å². The monoisotopic (exact) mass is 598 g/mol. The lowest BCUT2D eigenvalue weighted by Gasteiger charge is -2.45. The molecule has 0 radical (unpaired) electrons. The number of alkyl halides is 3. The topological polar surface area (TPSA) is 65.7 Å². The number of hydrogen-bond acceptors (Lipinski definition) is 5. The molecule has 2 aromatic rings. The molecule has 9 heteroatoms. The Kier molecular flexibility index (Phi) is 10.3. The van der Waals surface area contributed by atoms with Gasteiger partial charge < -0.3 is 25.0 Å². The molecule has 38 heavy (non-hydrogen) atoms. The third-order valence-electron chi connectivity index (χ3n) is 7.93. The maximum atomic E-state index is 7.06. The highest BCUT2D eigenvalue weighted by atomic mass is 35.5. The molecule has 2 aromatic carbocycles. The zero-order chi connectivity index (χ0) is 27.5. The van der Waals surface area contributed by atoms with Gasteiger partial charge in [-0.05, 0) is 21.3 Å². The Labute approximate surface area is 243 Å². The van der Waals surface area contributed by atoms with Crippen molar-refractivity contribution in [3.63, 3.8) is 0 Å². The number of fused-ring (bicyclic) bond motifs is 1. The molecule has 210 valence electrons. The van der Waals surface area contributed by atoms with Crippen molar-refractivity contribution in [1.29, 1.82) is 0 Å². The second kappa shape index (κ2) is 12.9. The van der Waals surface area contributed by atoms with Crippen LogP contribution in [0, 0.1) is 5.92 Å². The molecule has 3 fully saturated rings. The summed E-state index contributed by atoms with van der Waals surface area (Å²) in [6.07, 6.45) is -0.264. The summed E-state index contributed by atoms with van der Waals surface area (Å²) in [5.74, 6) is 0.931. The molecule has 0 amide bonds. The molecule has 0 aromatic heterocycles. The first-order valence-electron chi connectivity index (χ1n) is 13.4. The molecule has 0 bridgehead atoms. The van der Waals surface area contributed by atoms with Gasteiger partial charge >= 0.3 is 0 Å². The van der Waals surface area contributed by atoms with Gasteiger partial charge in [-0.3, -0.25) is 0 Å². The van der Waals surface area contributed by atoms with Crippen LogP contribution >= 0.6 is 34.8 Å². The normalized spacial score (nSPS) is 31.9. The van der Waals surface area contributed by atoms with Gasteiger partial charge in [0.25, 0.3) is 8.32 Å². The number of benzene rings is 2. The predicted octanol–water partition coefficient (Wildman–Crippen LogP) is 4.10. The number of hydrogen-bond donors (Lipinski definition) is 2. The van der Waals surface area contributed by atoms with Crippen LogP contribution in [0.4, 0.5) is 0 Å². The highest BCUT2D eigenvalue weighted by Gasteiger charge is 2.54. The van der Waals surface area contributed by atoms with Crippen LogP contribution in [0.5, 0.6) is 0 Å². The van der Waals surface area contributed by atoms with E-state index in [0.29, 0.717) is 24.4 Å². The average molecular weight is 600 g/mol. The maximum absolute atomic E-state index is 7.06. The second-order valence-electron chi connectivity index (χ2n) is 11.6. The maximum Gasteiger partial charge on any atom is 0.261 e. The Balaban J connectivity index is 0.000000278. The highest BCUT2D eigenvalue weighted by molar-refractivity contribution is 6.99. The first-order chi connectivity index (χ1) is 18.1. The van der Waals surface area contributed by atoms with Crippen molar-refractivity contribution in [2.24, 2.45) is 11.7 Å². The molecular formula is C29H41Cl3N2O3Si. The lowest BCUT2D eigenvalue weighted by atomic mass is 10.0. The summed E-state index contributed by atoms with van der Waals surface area (Å²) in [4.78, 5) is 0. The molecule has 3 aliphatic rings. The summed E-state index contributed by atoms with van der Waals surface area (Å²) in [6.45, 7) is 11.2. The predicted molar refractivity (Wildman–Crippen MR) is 161 cm³/mol. The summed E-state index contributed by atoms with van der Waals surface area (Å²) >= 11 is 18.3. The number of halogens is 3. The van der Waals surface area contributed by atoms with Crippen LogP contribution in [-0.4, -0.2) is 75.1 Å². The molecule has 3 heterocycles. The number of ether oxygens (including phenoxy) is 2. The Hall–Kier alpha value is -0.673. The van der Waals surface area contributed by atoms with Gasteiger partial charge in [-0.25, -0.2) is 0 Å². The van der Waals surface area contributed by atoms with Crippen LogP contribution in [0.15, 0.2) is 60.7 Å². The smallest absolute Gasteiger partial charge is 0.261 e. The quantitative estimate of drug-likeness (QED) is 0.387. The van der Waals surface area contributed by atoms with Crippen LogP contribution in [-0.2, 0) is 13.9 Å². The largest absolute Gasteiger partial charge is 0.400 e. The molecule has 3 N–H and O–H groups in total. The van der Waals surface area contributed by atoms with E-state index in [1.807, 2.05) is 12.1 Å². The molecule has 0 unspecified atom stereocenters. The van der Waals surface area contributed by atoms with Crippen LogP contribution in [0.1, 0.15) is 27.7 Å². The Bertz CT molecular complexity index is 958. The van der Waals surface area contributed by atoms with E-state index >= 15 is 0 Å². The minimum absolute atomic E-state index is 0.111. The number of rotatable bonds is 6. The van der Waals surface area contributed by atoms with Crippen molar-refractivity contribution >= 4 is 53.5 Å². The van der Waals surface area contributed by atoms with Crippen LogP contribution in [0.25, 0.3) is 0 Å². The van der Waals surface area contributed by atoms with Crippen LogP contribution in [0.3, 0.4) is 0 Å². The lowest BCUT2D eigenvalue weighted by molar-refractivity contribution is 0.0913. The summed E-state index contributed by atoms with van der Waals surface area (Å²) in [5.41, 5.74) is 6.54. The highest BCUT2D eigenvalue weighted by Crippen LogP contribution is 2.39. The van der Waals surface area contributed by atoms with E-state index in [1.54, 1.807) is 0 Å². The first-order valence-corrected chi connectivity index (χ1v) is 16.8. The molecule has 5 nitrogen and oxygen atoms in total. The fraction of sp³-hybridized carbons (Fsp3) is 0.586. The van der Waals surface area contributed by atoms with E-state index in [4.69, 9.17) is 54.4 Å². The van der Waals surface area contributed by atoms with Gasteiger partial charge in [-0.2, -0.15) is 0 Å². The zero-order valence-electron chi connectivity index (χ0n) is 22.7. The van der Waals surface area contributed by atoms with E-state index in [1.165, 1.54) is 10.4 Å². The molecule has 0 aliphatic carbocycles. The summed E-state index contributed by atoms with van der Waals surface area (Å²) in [5, 5.41) is 5.56. The van der Waals surface area contributed by atoms with Gasteiger partial charge in [0.1, 0.15) is 0 Å². The van der Waals surface area contributed by atoms with Crippen LogP contribution in [0.2, 0.25) is 5.04 Å². The third-order valence-corrected chi connectivity index (χ3v) is 14.3. The molecule has 0 saturated carbocycles. The van der Waals surface area contributed by atoms with E-state index in [9.17, 15) is 0 Å². The van der Waals surface area contributed by atoms with E-state index in [2.05, 4.69) is 81.5 Å². The van der Waals surface area contributed by atoms with E-state index in [-0.39, 0.29) is 40.1 Å². The van der Waals surface area contributed by atoms with Crippen molar-refractivity contribution < 1.29 is 13.9 Å². The Morgan fingerprint density at radius 1 is 1.03 bits per heavy atom. The van der Waals surface area contributed by atoms with Gasteiger partial charge in [0.05, 0.1) is 48.3 Å². The molecule has 3 saturated heterocycles. The third kappa shape index (κ3) is 6.14. The first kappa shape index (κ1) is 30.3. The lowest BCUT2D eigenvalue weighted by Crippen LogP contribution is -2.69. The van der Waals surface area contributed by atoms with Crippen molar-refractivity contribution in [2.45, 2.75) is 73.9 Å². The summed E-state index contributed by atoms with van der Waals surface area (Å²) in [6, 6.07) is 21.3. The second-order valence-corrected chi connectivity index (χ2v) is 17.3. The SMILES string of the molecule is CC(C)(C)[Si](O[C@H]1CO[C@H]([C@H](Cl)CCl)[C@@H]1N)(c1ccccc1)c1ccccc1.C[C@H]1CO[C@H]2[C@@H]1NC[C@H]2Cl.